The number of hydrogen-bond donors (Lipinski definition) is 1. The molecule has 0 aromatic heterocycles. The quantitative estimate of drug-likeness (QED) is 0.762. The van der Waals surface area contributed by atoms with E-state index in [9.17, 15) is 0 Å². The van der Waals surface area contributed by atoms with E-state index in [1.807, 2.05) is 0 Å². The van der Waals surface area contributed by atoms with Gasteiger partial charge in [0.25, 0.3) is 0 Å². The minimum atomic E-state index is 0.764. The predicted octanol–water partition coefficient (Wildman–Crippen LogP) is 2.44. The Hall–Kier alpha value is -1.32. The van der Waals surface area contributed by atoms with Gasteiger partial charge in [-0.2, -0.15) is 0 Å². The van der Waals surface area contributed by atoms with E-state index in [0.717, 1.165) is 45.1 Å². The average molecular weight is 260 g/mol. The number of nitrogens with zero attached hydrogens (tertiary/aromatic N) is 1. The lowest BCUT2D eigenvalue weighted by Gasteiger charge is -2.22. The number of rotatable bonds is 7. The molecule has 0 unspecified atom stereocenters. The molecule has 19 heavy (non-hydrogen) atoms. The second kappa shape index (κ2) is 7.97. The van der Waals surface area contributed by atoms with Gasteiger partial charge in [0.05, 0.1) is 0 Å². The van der Waals surface area contributed by atoms with Crippen LogP contribution in [-0.2, 0) is 6.54 Å². The standard InChI is InChI=1S/C16H24N2O/c1-2-17-14-15-6-8-16(9-7-15)19-13-12-18-10-4-3-5-11-18/h3-4,6-9,17H,2,5,10-14H2,1H3. The van der Waals surface area contributed by atoms with Crippen molar-refractivity contribution >= 4 is 0 Å². The van der Waals surface area contributed by atoms with Crippen molar-refractivity contribution in [1.29, 1.82) is 0 Å². The van der Waals surface area contributed by atoms with Crippen molar-refractivity contribution in [3.63, 3.8) is 0 Å². The van der Waals surface area contributed by atoms with Gasteiger partial charge in [-0.3, -0.25) is 4.90 Å². The van der Waals surface area contributed by atoms with Crippen LogP contribution in [0, 0.1) is 0 Å². The van der Waals surface area contributed by atoms with Crippen molar-refractivity contribution in [2.75, 3.05) is 32.8 Å². The lowest BCUT2D eigenvalue weighted by molar-refractivity contribution is 0.221. The van der Waals surface area contributed by atoms with E-state index in [0.29, 0.717) is 0 Å². The SMILES string of the molecule is CCNCc1ccc(OCCN2CC=CCC2)cc1. The summed E-state index contributed by atoms with van der Waals surface area (Å²) < 4.78 is 5.78. The molecular formula is C16H24N2O. The second-order valence-electron chi connectivity index (χ2n) is 4.83. The summed E-state index contributed by atoms with van der Waals surface area (Å²) >= 11 is 0. The Balaban J connectivity index is 1.69. The molecule has 0 aliphatic carbocycles. The minimum Gasteiger partial charge on any atom is -0.492 e. The molecule has 0 saturated heterocycles. The van der Waals surface area contributed by atoms with Gasteiger partial charge in [-0.15, -0.1) is 0 Å². The molecular weight excluding hydrogens is 236 g/mol. The Morgan fingerprint density at radius 3 is 2.74 bits per heavy atom. The van der Waals surface area contributed by atoms with Crippen molar-refractivity contribution in [1.82, 2.24) is 10.2 Å². The van der Waals surface area contributed by atoms with Gasteiger partial charge >= 0.3 is 0 Å². The van der Waals surface area contributed by atoms with Crippen LogP contribution in [0.1, 0.15) is 18.9 Å². The van der Waals surface area contributed by atoms with Crippen LogP contribution in [0.2, 0.25) is 0 Å². The fraction of sp³-hybridized carbons (Fsp3) is 0.500. The van der Waals surface area contributed by atoms with Crippen LogP contribution in [0.4, 0.5) is 0 Å². The lowest BCUT2D eigenvalue weighted by Crippen LogP contribution is -2.31. The molecule has 0 atom stereocenters. The van der Waals surface area contributed by atoms with E-state index >= 15 is 0 Å². The molecule has 0 amide bonds. The minimum absolute atomic E-state index is 0.764. The van der Waals surface area contributed by atoms with Crippen molar-refractivity contribution < 1.29 is 4.74 Å². The van der Waals surface area contributed by atoms with Crippen molar-refractivity contribution in [2.24, 2.45) is 0 Å². The van der Waals surface area contributed by atoms with Gasteiger partial charge in [-0.05, 0) is 30.7 Å². The van der Waals surface area contributed by atoms with Crippen LogP contribution in [-0.4, -0.2) is 37.7 Å². The van der Waals surface area contributed by atoms with Crippen molar-refractivity contribution in [3.8, 4) is 5.75 Å². The molecule has 1 aromatic rings. The van der Waals surface area contributed by atoms with Crippen molar-refractivity contribution in [3.05, 3.63) is 42.0 Å². The Labute approximate surface area is 116 Å². The normalized spacial score (nSPS) is 15.6. The summed E-state index contributed by atoms with van der Waals surface area (Å²) in [6.45, 7) is 8.03. The molecule has 1 heterocycles. The average Bonchev–Trinajstić information content (AvgIpc) is 2.47. The summed E-state index contributed by atoms with van der Waals surface area (Å²) in [5.41, 5.74) is 1.30. The summed E-state index contributed by atoms with van der Waals surface area (Å²) in [5, 5.41) is 3.32. The third-order valence-electron chi connectivity index (χ3n) is 3.32. The largest absolute Gasteiger partial charge is 0.492 e. The fourth-order valence-electron chi connectivity index (χ4n) is 2.16. The van der Waals surface area contributed by atoms with Gasteiger partial charge in [-0.25, -0.2) is 0 Å². The first-order valence-corrected chi connectivity index (χ1v) is 7.18. The molecule has 0 bridgehead atoms. The molecule has 1 aliphatic rings. The first kappa shape index (κ1) is 14.1. The van der Waals surface area contributed by atoms with Crippen LogP contribution < -0.4 is 10.1 Å². The lowest BCUT2D eigenvalue weighted by atomic mass is 10.2. The molecule has 0 radical (unpaired) electrons. The molecule has 1 aliphatic heterocycles. The summed E-state index contributed by atoms with van der Waals surface area (Å²) in [6.07, 6.45) is 5.65. The smallest absolute Gasteiger partial charge is 0.119 e. The van der Waals surface area contributed by atoms with Gasteiger partial charge in [0, 0.05) is 26.2 Å². The molecule has 1 N–H and O–H groups in total. The highest BCUT2D eigenvalue weighted by Gasteiger charge is 2.05. The highest BCUT2D eigenvalue weighted by atomic mass is 16.5. The number of nitrogens with one attached hydrogen (secondary N) is 1. The van der Waals surface area contributed by atoms with Crippen LogP contribution in [0.5, 0.6) is 5.75 Å². The zero-order chi connectivity index (χ0) is 13.3. The van der Waals surface area contributed by atoms with Gasteiger partial charge in [0.2, 0.25) is 0 Å². The summed E-state index contributed by atoms with van der Waals surface area (Å²) in [4.78, 5) is 2.42. The molecule has 1 aromatic carbocycles. The molecule has 3 nitrogen and oxygen atoms in total. The molecule has 0 spiro atoms. The van der Waals surface area contributed by atoms with E-state index in [-0.39, 0.29) is 0 Å². The maximum absolute atomic E-state index is 5.78. The monoisotopic (exact) mass is 260 g/mol. The molecule has 3 heteroatoms. The summed E-state index contributed by atoms with van der Waals surface area (Å²) in [5.74, 6) is 0.966. The van der Waals surface area contributed by atoms with E-state index in [1.165, 1.54) is 12.0 Å². The Morgan fingerprint density at radius 2 is 2.05 bits per heavy atom. The zero-order valence-electron chi connectivity index (χ0n) is 11.8. The van der Waals surface area contributed by atoms with Crippen molar-refractivity contribution in [2.45, 2.75) is 19.9 Å². The topological polar surface area (TPSA) is 24.5 Å². The van der Waals surface area contributed by atoms with E-state index < -0.39 is 0 Å². The number of benzene rings is 1. The fourth-order valence-corrected chi connectivity index (χ4v) is 2.16. The zero-order valence-corrected chi connectivity index (χ0v) is 11.8. The van der Waals surface area contributed by atoms with Gasteiger partial charge in [-0.1, -0.05) is 31.2 Å². The summed E-state index contributed by atoms with van der Waals surface area (Å²) in [7, 11) is 0. The van der Waals surface area contributed by atoms with Gasteiger partial charge in [0.1, 0.15) is 12.4 Å². The summed E-state index contributed by atoms with van der Waals surface area (Å²) in [6, 6.07) is 8.37. The molecule has 2 rings (SSSR count). The maximum atomic E-state index is 5.78. The van der Waals surface area contributed by atoms with E-state index in [4.69, 9.17) is 4.74 Å². The van der Waals surface area contributed by atoms with Crippen LogP contribution >= 0.6 is 0 Å². The molecule has 0 fully saturated rings. The van der Waals surface area contributed by atoms with Crippen LogP contribution in [0.3, 0.4) is 0 Å². The van der Waals surface area contributed by atoms with E-state index in [1.54, 1.807) is 0 Å². The first-order chi connectivity index (χ1) is 9.38. The molecule has 0 saturated carbocycles. The predicted molar refractivity (Wildman–Crippen MR) is 79.5 cm³/mol. The van der Waals surface area contributed by atoms with E-state index in [2.05, 4.69) is 53.6 Å². The Morgan fingerprint density at radius 1 is 1.21 bits per heavy atom. The first-order valence-electron chi connectivity index (χ1n) is 7.18. The highest BCUT2D eigenvalue weighted by Crippen LogP contribution is 2.12. The van der Waals surface area contributed by atoms with Crippen LogP contribution in [0.25, 0.3) is 0 Å². The molecule has 104 valence electrons. The third-order valence-corrected chi connectivity index (χ3v) is 3.32. The Bertz CT molecular complexity index is 386. The number of hydrogen-bond acceptors (Lipinski definition) is 3. The van der Waals surface area contributed by atoms with Gasteiger partial charge < -0.3 is 10.1 Å². The Kier molecular flexibility index (Phi) is 5.92. The highest BCUT2D eigenvalue weighted by molar-refractivity contribution is 5.27. The van der Waals surface area contributed by atoms with Gasteiger partial charge in [0.15, 0.2) is 0 Å². The number of ether oxygens (including phenoxy) is 1. The third kappa shape index (κ3) is 5.05. The maximum Gasteiger partial charge on any atom is 0.119 e. The second-order valence-corrected chi connectivity index (χ2v) is 4.83. The van der Waals surface area contributed by atoms with Crippen LogP contribution in [0.15, 0.2) is 36.4 Å².